The first-order chi connectivity index (χ1) is 8.70. The van der Waals surface area contributed by atoms with E-state index in [9.17, 15) is 0 Å². The summed E-state index contributed by atoms with van der Waals surface area (Å²) < 4.78 is 0. The largest absolute Gasteiger partial charge is 0.353 e. The minimum absolute atomic E-state index is 0.519. The van der Waals surface area contributed by atoms with E-state index in [1.54, 1.807) is 0 Å². The lowest BCUT2D eigenvalue weighted by atomic mass is 10.2. The van der Waals surface area contributed by atoms with Crippen LogP contribution in [0.15, 0.2) is 18.3 Å². The predicted octanol–water partition coefficient (Wildman–Crippen LogP) is 1.11. The van der Waals surface area contributed by atoms with E-state index >= 15 is 0 Å². The van der Waals surface area contributed by atoms with E-state index in [1.807, 2.05) is 6.20 Å². The van der Waals surface area contributed by atoms with Gasteiger partial charge in [-0.2, -0.15) is 0 Å². The van der Waals surface area contributed by atoms with E-state index in [-0.39, 0.29) is 0 Å². The lowest BCUT2D eigenvalue weighted by Gasteiger charge is -2.29. The van der Waals surface area contributed by atoms with Gasteiger partial charge in [0.15, 0.2) is 0 Å². The number of nitrogens with zero attached hydrogens (tertiary/aromatic N) is 3. The number of rotatable bonds is 3. The minimum atomic E-state index is 0.519. The van der Waals surface area contributed by atoms with Crippen molar-refractivity contribution in [2.45, 2.75) is 25.8 Å². The van der Waals surface area contributed by atoms with Crippen LogP contribution in [0.2, 0.25) is 0 Å². The van der Waals surface area contributed by atoms with Crippen LogP contribution in [0.4, 0.5) is 5.82 Å². The SMILES string of the molecule is CC1CN(C)CCCN1c1ccc(CCN)cn1. The average Bonchev–Trinajstić information content (AvgIpc) is 2.52. The highest BCUT2D eigenvalue weighted by Crippen LogP contribution is 2.18. The summed E-state index contributed by atoms with van der Waals surface area (Å²) in [6.45, 7) is 6.33. The number of likely N-dealkylation sites (N-methyl/N-ethyl adjacent to an activating group) is 1. The second kappa shape index (κ2) is 6.16. The molecule has 2 heterocycles. The molecule has 18 heavy (non-hydrogen) atoms. The van der Waals surface area contributed by atoms with Gasteiger partial charge in [0.25, 0.3) is 0 Å². The van der Waals surface area contributed by atoms with E-state index in [0.29, 0.717) is 12.6 Å². The maximum atomic E-state index is 5.56. The highest BCUT2D eigenvalue weighted by molar-refractivity contribution is 5.40. The molecule has 0 amide bonds. The first kappa shape index (κ1) is 13.3. The third-order valence-corrected chi connectivity index (χ3v) is 3.58. The molecule has 0 aromatic carbocycles. The van der Waals surface area contributed by atoms with Crippen LogP contribution < -0.4 is 10.6 Å². The van der Waals surface area contributed by atoms with E-state index in [0.717, 1.165) is 25.3 Å². The van der Waals surface area contributed by atoms with Gasteiger partial charge in [0.05, 0.1) is 0 Å². The Labute approximate surface area is 110 Å². The Bertz CT molecular complexity index is 363. The topological polar surface area (TPSA) is 45.4 Å². The molecule has 0 bridgehead atoms. The molecule has 2 N–H and O–H groups in total. The van der Waals surface area contributed by atoms with Gasteiger partial charge in [0.2, 0.25) is 0 Å². The Morgan fingerprint density at radius 2 is 2.22 bits per heavy atom. The van der Waals surface area contributed by atoms with Gasteiger partial charge in [0.1, 0.15) is 5.82 Å². The summed E-state index contributed by atoms with van der Waals surface area (Å²) in [5.74, 6) is 1.10. The Morgan fingerprint density at radius 1 is 1.39 bits per heavy atom. The summed E-state index contributed by atoms with van der Waals surface area (Å²) >= 11 is 0. The van der Waals surface area contributed by atoms with Crippen molar-refractivity contribution in [3.8, 4) is 0 Å². The van der Waals surface area contributed by atoms with E-state index < -0.39 is 0 Å². The second-order valence-corrected chi connectivity index (χ2v) is 5.22. The van der Waals surface area contributed by atoms with E-state index in [1.165, 1.54) is 18.5 Å². The summed E-state index contributed by atoms with van der Waals surface area (Å²) in [7, 11) is 2.19. The van der Waals surface area contributed by atoms with Crippen molar-refractivity contribution in [1.82, 2.24) is 9.88 Å². The third kappa shape index (κ3) is 3.21. The minimum Gasteiger partial charge on any atom is -0.353 e. The van der Waals surface area contributed by atoms with Crippen molar-refractivity contribution >= 4 is 5.82 Å². The number of aromatic nitrogens is 1. The number of hydrogen-bond acceptors (Lipinski definition) is 4. The first-order valence-corrected chi connectivity index (χ1v) is 6.81. The zero-order valence-electron chi connectivity index (χ0n) is 11.5. The van der Waals surface area contributed by atoms with Crippen molar-refractivity contribution in [3.05, 3.63) is 23.9 Å². The highest BCUT2D eigenvalue weighted by atomic mass is 15.3. The summed E-state index contributed by atoms with van der Waals surface area (Å²) in [4.78, 5) is 9.40. The highest BCUT2D eigenvalue weighted by Gasteiger charge is 2.20. The number of pyridine rings is 1. The average molecular weight is 248 g/mol. The van der Waals surface area contributed by atoms with Crippen LogP contribution in [-0.2, 0) is 6.42 Å². The van der Waals surface area contributed by atoms with Crippen molar-refractivity contribution in [3.63, 3.8) is 0 Å². The van der Waals surface area contributed by atoms with Crippen molar-refractivity contribution in [2.75, 3.05) is 38.1 Å². The molecular weight excluding hydrogens is 224 g/mol. The van der Waals surface area contributed by atoms with Gasteiger partial charge in [-0.05, 0) is 51.5 Å². The van der Waals surface area contributed by atoms with Crippen molar-refractivity contribution in [2.24, 2.45) is 5.73 Å². The molecule has 1 fully saturated rings. The Kier molecular flexibility index (Phi) is 4.55. The monoisotopic (exact) mass is 248 g/mol. The van der Waals surface area contributed by atoms with Gasteiger partial charge in [-0.25, -0.2) is 4.98 Å². The zero-order valence-corrected chi connectivity index (χ0v) is 11.5. The maximum absolute atomic E-state index is 5.56. The standard InChI is InChI=1S/C14H24N4/c1-12-11-17(2)8-3-9-18(12)14-5-4-13(6-7-15)10-16-14/h4-5,10,12H,3,6-9,11,15H2,1-2H3. The second-order valence-electron chi connectivity index (χ2n) is 5.22. The lowest BCUT2D eigenvalue weighted by Crippen LogP contribution is -2.38. The van der Waals surface area contributed by atoms with Gasteiger partial charge in [-0.15, -0.1) is 0 Å². The molecule has 0 saturated carbocycles. The van der Waals surface area contributed by atoms with Crippen LogP contribution in [0.25, 0.3) is 0 Å². The number of nitrogens with two attached hydrogens (primary N) is 1. The fraction of sp³-hybridized carbons (Fsp3) is 0.643. The van der Waals surface area contributed by atoms with E-state index in [2.05, 4.69) is 40.9 Å². The molecule has 0 aliphatic carbocycles. The van der Waals surface area contributed by atoms with Crippen molar-refractivity contribution < 1.29 is 0 Å². The number of anilines is 1. The normalized spacial score (nSPS) is 21.9. The van der Waals surface area contributed by atoms with Gasteiger partial charge < -0.3 is 15.5 Å². The van der Waals surface area contributed by atoms with Gasteiger partial charge in [-0.1, -0.05) is 6.07 Å². The Morgan fingerprint density at radius 3 is 2.89 bits per heavy atom. The molecular formula is C14H24N4. The molecule has 1 saturated heterocycles. The Hall–Kier alpha value is -1.13. The fourth-order valence-electron chi connectivity index (χ4n) is 2.61. The smallest absolute Gasteiger partial charge is 0.128 e. The summed E-state index contributed by atoms with van der Waals surface area (Å²) in [6.07, 6.45) is 4.07. The maximum Gasteiger partial charge on any atom is 0.128 e. The van der Waals surface area contributed by atoms with Crippen LogP contribution in [0.3, 0.4) is 0 Å². The molecule has 1 unspecified atom stereocenters. The zero-order chi connectivity index (χ0) is 13.0. The molecule has 0 radical (unpaired) electrons. The lowest BCUT2D eigenvalue weighted by molar-refractivity contribution is 0.337. The van der Waals surface area contributed by atoms with Crippen molar-refractivity contribution in [1.29, 1.82) is 0 Å². The Balaban J connectivity index is 2.09. The quantitative estimate of drug-likeness (QED) is 0.870. The molecule has 1 aliphatic heterocycles. The molecule has 0 spiro atoms. The molecule has 1 aromatic rings. The number of hydrogen-bond donors (Lipinski definition) is 1. The fourth-order valence-corrected chi connectivity index (χ4v) is 2.61. The summed E-state index contributed by atoms with van der Waals surface area (Å²) in [5, 5.41) is 0. The first-order valence-electron chi connectivity index (χ1n) is 6.81. The van der Waals surface area contributed by atoms with Crippen LogP contribution in [0.5, 0.6) is 0 Å². The molecule has 1 aromatic heterocycles. The van der Waals surface area contributed by atoms with Gasteiger partial charge in [-0.3, -0.25) is 0 Å². The summed E-state index contributed by atoms with van der Waals surface area (Å²) in [6, 6.07) is 4.80. The molecule has 100 valence electrons. The summed E-state index contributed by atoms with van der Waals surface area (Å²) in [5.41, 5.74) is 6.78. The molecule has 4 heteroatoms. The van der Waals surface area contributed by atoms with Gasteiger partial charge in [0, 0.05) is 25.3 Å². The van der Waals surface area contributed by atoms with E-state index in [4.69, 9.17) is 5.73 Å². The molecule has 1 atom stereocenters. The molecule has 1 aliphatic rings. The van der Waals surface area contributed by atoms with Crippen LogP contribution in [0, 0.1) is 0 Å². The predicted molar refractivity (Wildman–Crippen MR) is 75.9 cm³/mol. The van der Waals surface area contributed by atoms with Crippen LogP contribution in [-0.4, -0.2) is 49.2 Å². The van der Waals surface area contributed by atoms with Gasteiger partial charge >= 0.3 is 0 Å². The van der Waals surface area contributed by atoms with Crippen LogP contribution >= 0.6 is 0 Å². The molecule has 4 nitrogen and oxygen atoms in total. The molecule has 2 rings (SSSR count). The third-order valence-electron chi connectivity index (χ3n) is 3.58. The van der Waals surface area contributed by atoms with Crippen LogP contribution in [0.1, 0.15) is 18.9 Å².